The largest absolute Gasteiger partial charge is 3.00 e. The fourth-order valence-corrected chi connectivity index (χ4v) is 0. The van der Waals surface area contributed by atoms with Crippen molar-refractivity contribution in [2.24, 2.45) is 0 Å². The zero-order chi connectivity index (χ0) is 0. The van der Waals surface area contributed by atoms with Crippen LogP contribution in [-0.4, -0.2) is 17.4 Å². The SMILES string of the molecule is [Al+3].[O-2].[O-2].[V]. The van der Waals surface area contributed by atoms with E-state index in [9.17, 15) is 0 Å². The predicted molar refractivity (Wildman–Crippen MR) is 7.13 cm³/mol. The first-order valence-electron chi connectivity index (χ1n) is 0. The van der Waals surface area contributed by atoms with E-state index in [1.165, 1.54) is 0 Å². The van der Waals surface area contributed by atoms with E-state index in [1.807, 2.05) is 0 Å². The average molecular weight is 110 g/mol. The molecule has 0 unspecified atom stereocenters. The van der Waals surface area contributed by atoms with Crippen molar-refractivity contribution >= 4 is 17.4 Å². The van der Waals surface area contributed by atoms with E-state index in [0.717, 1.165) is 0 Å². The molecule has 0 aliphatic rings. The maximum atomic E-state index is 0. The summed E-state index contributed by atoms with van der Waals surface area (Å²) in [5, 5.41) is 0. The molecule has 0 aliphatic heterocycles. The number of hydrogen-bond acceptors (Lipinski definition) is 0. The second kappa shape index (κ2) is 34.6. The fourth-order valence-electron chi connectivity index (χ4n) is 0. The molecule has 0 saturated heterocycles. The molecule has 0 atom stereocenters. The van der Waals surface area contributed by atoms with Crippen LogP contribution < -0.4 is 0 Å². The van der Waals surface area contributed by atoms with Crippen molar-refractivity contribution in [3.63, 3.8) is 0 Å². The van der Waals surface area contributed by atoms with Crippen LogP contribution in [0.4, 0.5) is 0 Å². The van der Waals surface area contributed by atoms with Gasteiger partial charge in [0.1, 0.15) is 0 Å². The Morgan fingerprint density at radius 1 is 0.750 bits per heavy atom. The molecule has 0 aromatic heterocycles. The quantitative estimate of drug-likeness (QED) is 0.373. The topological polar surface area (TPSA) is 57.0 Å². The van der Waals surface area contributed by atoms with Crippen LogP contribution in [0.1, 0.15) is 0 Å². The Bertz CT molecular complexity index is 6.00. The molecule has 0 amide bonds. The molecule has 21 valence electrons. The molecule has 0 N–H and O–H groups in total. The van der Waals surface area contributed by atoms with Crippen LogP contribution in [0, 0.1) is 0 Å². The summed E-state index contributed by atoms with van der Waals surface area (Å²) in [6.45, 7) is 0. The van der Waals surface area contributed by atoms with Gasteiger partial charge in [-0.15, -0.1) is 0 Å². The van der Waals surface area contributed by atoms with E-state index in [0.29, 0.717) is 0 Å². The Labute approximate surface area is 47.2 Å². The van der Waals surface area contributed by atoms with Gasteiger partial charge in [0.2, 0.25) is 0 Å². The molecular formula is AlO2V-. The predicted octanol–water partition coefficient (Wildman–Crippen LogP) is -0.621. The normalized spacial score (nSPS) is 0. The van der Waals surface area contributed by atoms with Gasteiger partial charge in [0.15, 0.2) is 0 Å². The molecule has 0 aliphatic carbocycles. The summed E-state index contributed by atoms with van der Waals surface area (Å²) < 4.78 is 0. The standard InChI is InChI=1S/Al.2O.V/q+3;2*-2;. The third kappa shape index (κ3) is 11.7. The maximum absolute atomic E-state index is 0. The summed E-state index contributed by atoms with van der Waals surface area (Å²) in [5.41, 5.74) is 0. The van der Waals surface area contributed by atoms with Crippen molar-refractivity contribution in [2.45, 2.75) is 0 Å². The van der Waals surface area contributed by atoms with Crippen molar-refractivity contribution in [1.29, 1.82) is 0 Å². The van der Waals surface area contributed by atoms with Gasteiger partial charge in [-0.1, -0.05) is 0 Å². The average Bonchev–Trinajstić information content (AvgIpc) is 0. The van der Waals surface area contributed by atoms with Gasteiger partial charge in [-0.05, 0) is 0 Å². The third-order valence-corrected chi connectivity index (χ3v) is 0. The molecule has 0 rings (SSSR count). The molecule has 0 bridgehead atoms. The van der Waals surface area contributed by atoms with Crippen LogP contribution >= 0.6 is 0 Å². The summed E-state index contributed by atoms with van der Waals surface area (Å²) in [6, 6.07) is 0. The molecule has 2 nitrogen and oxygen atoms in total. The molecule has 0 aromatic carbocycles. The minimum absolute atomic E-state index is 0. The summed E-state index contributed by atoms with van der Waals surface area (Å²) in [5.74, 6) is 0. The minimum atomic E-state index is 0. The van der Waals surface area contributed by atoms with E-state index in [-0.39, 0.29) is 46.9 Å². The van der Waals surface area contributed by atoms with Gasteiger partial charge in [-0.3, -0.25) is 0 Å². The summed E-state index contributed by atoms with van der Waals surface area (Å²) in [7, 11) is 0. The van der Waals surface area contributed by atoms with Crippen LogP contribution in [0.3, 0.4) is 0 Å². The van der Waals surface area contributed by atoms with Gasteiger partial charge in [0.25, 0.3) is 0 Å². The first kappa shape index (κ1) is 76.3. The second-order valence-corrected chi connectivity index (χ2v) is 0. The Morgan fingerprint density at radius 3 is 0.750 bits per heavy atom. The van der Waals surface area contributed by atoms with Crippen molar-refractivity contribution in [2.75, 3.05) is 0 Å². The van der Waals surface area contributed by atoms with E-state index < -0.39 is 0 Å². The molecule has 0 fully saturated rings. The van der Waals surface area contributed by atoms with E-state index >= 15 is 0 Å². The van der Waals surface area contributed by atoms with E-state index in [2.05, 4.69) is 0 Å². The summed E-state index contributed by atoms with van der Waals surface area (Å²) in [4.78, 5) is 0. The maximum Gasteiger partial charge on any atom is 3.00 e. The smallest absolute Gasteiger partial charge is 2.00 e. The van der Waals surface area contributed by atoms with Gasteiger partial charge < -0.3 is 11.0 Å². The Kier molecular flexibility index (Phi) is 661. The Hall–Kier alpha value is 1.04. The third-order valence-electron chi connectivity index (χ3n) is 0. The molecule has 0 saturated carbocycles. The zero-order valence-electron chi connectivity index (χ0n) is 1.84. The van der Waals surface area contributed by atoms with Gasteiger partial charge in [-0.2, -0.15) is 0 Å². The molecule has 4 heteroatoms. The molecule has 0 heterocycles. The van der Waals surface area contributed by atoms with Crippen molar-refractivity contribution in [3.05, 3.63) is 0 Å². The van der Waals surface area contributed by atoms with Gasteiger partial charge >= 0.3 is 17.4 Å². The molecule has 0 spiro atoms. The minimum Gasteiger partial charge on any atom is -2.00 e. The van der Waals surface area contributed by atoms with Crippen molar-refractivity contribution < 1.29 is 29.5 Å². The fraction of sp³-hybridized carbons (Fsp3) is 0. The summed E-state index contributed by atoms with van der Waals surface area (Å²) >= 11 is 0. The molecule has 4 heavy (non-hydrogen) atoms. The zero-order valence-corrected chi connectivity index (χ0v) is 4.39. The first-order chi connectivity index (χ1) is 0. The molecule has 1 radical (unpaired) electrons. The van der Waals surface area contributed by atoms with Crippen molar-refractivity contribution in [1.82, 2.24) is 0 Å². The van der Waals surface area contributed by atoms with Gasteiger partial charge in [-0.25, -0.2) is 0 Å². The van der Waals surface area contributed by atoms with Crippen LogP contribution in [0.25, 0.3) is 0 Å². The van der Waals surface area contributed by atoms with Gasteiger partial charge in [0, 0.05) is 18.6 Å². The number of rotatable bonds is 0. The second-order valence-electron chi connectivity index (χ2n) is 0. The van der Waals surface area contributed by atoms with E-state index in [1.54, 1.807) is 0 Å². The Morgan fingerprint density at radius 2 is 0.750 bits per heavy atom. The van der Waals surface area contributed by atoms with Crippen LogP contribution in [-0.2, 0) is 29.5 Å². The Balaban J connectivity index is 0. The number of hydrogen-bond donors (Lipinski definition) is 0. The first-order valence-corrected chi connectivity index (χ1v) is 0. The molecule has 0 aromatic rings. The summed E-state index contributed by atoms with van der Waals surface area (Å²) in [6.07, 6.45) is 0. The van der Waals surface area contributed by atoms with Crippen molar-refractivity contribution in [3.8, 4) is 0 Å². The molecular weight excluding hydrogens is 110 g/mol. The van der Waals surface area contributed by atoms with Crippen LogP contribution in [0.5, 0.6) is 0 Å². The van der Waals surface area contributed by atoms with Crippen LogP contribution in [0.15, 0.2) is 0 Å². The van der Waals surface area contributed by atoms with Crippen LogP contribution in [0.2, 0.25) is 0 Å². The van der Waals surface area contributed by atoms with Gasteiger partial charge in [0.05, 0.1) is 0 Å². The van der Waals surface area contributed by atoms with E-state index in [4.69, 9.17) is 0 Å². The monoisotopic (exact) mass is 110 g/mol.